The summed E-state index contributed by atoms with van der Waals surface area (Å²) in [6.07, 6.45) is -5.58. The maximum absolute atomic E-state index is 14.2. The predicted octanol–water partition coefficient (Wildman–Crippen LogP) is 3.25. The molecule has 1 fully saturated rings. The highest BCUT2D eigenvalue weighted by Gasteiger charge is 2.43. The molecule has 0 bridgehead atoms. The number of amides is 3. The van der Waals surface area contributed by atoms with Crippen molar-refractivity contribution in [2.75, 3.05) is 13.1 Å². The van der Waals surface area contributed by atoms with Crippen molar-refractivity contribution >= 4 is 23.7 Å². The topological polar surface area (TPSA) is 136 Å². The summed E-state index contributed by atoms with van der Waals surface area (Å²) in [4.78, 5) is 51.6. The van der Waals surface area contributed by atoms with Crippen molar-refractivity contribution in [2.24, 2.45) is 5.92 Å². The number of nitrogens with one attached hydrogen (secondary N) is 2. The van der Waals surface area contributed by atoms with Crippen LogP contribution in [0.15, 0.2) is 42.5 Å². The average Bonchev–Trinajstić information content (AvgIpc) is 3.39. The molecular formula is C30H35F4N3O6. The molecule has 1 saturated heterocycles. The first-order valence-electron chi connectivity index (χ1n) is 13.9. The zero-order valence-electron chi connectivity index (χ0n) is 23.7. The van der Waals surface area contributed by atoms with Crippen molar-refractivity contribution < 1.29 is 47.0 Å². The fourth-order valence-corrected chi connectivity index (χ4v) is 5.11. The minimum Gasteiger partial charge on any atom is -0.478 e. The summed E-state index contributed by atoms with van der Waals surface area (Å²) >= 11 is 0. The Labute approximate surface area is 246 Å². The molecule has 0 saturated carbocycles. The monoisotopic (exact) mass is 609 g/mol. The fourth-order valence-electron chi connectivity index (χ4n) is 5.11. The third-order valence-corrected chi connectivity index (χ3v) is 7.25. The molecule has 2 aromatic carbocycles. The molecule has 0 aliphatic carbocycles. The number of likely N-dealkylation sites (tertiary alicyclic amines) is 1. The van der Waals surface area contributed by atoms with Crippen LogP contribution in [0.1, 0.15) is 60.5 Å². The van der Waals surface area contributed by atoms with Crippen LogP contribution in [0.3, 0.4) is 0 Å². The number of hydrogen-bond acceptors (Lipinski definition) is 5. The Bertz CT molecular complexity index is 1290. The quantitative estimate of drug-likeness (QED) is 0.258. The van der Waals surface area contributed by atoms with Gasteiger partial charge in [-0.05, 0) is 42.9 Å². The Morgan fingerprint density at radius 2 is 1.65 bits per heavy atom. The van der Waals surface area contributed by atoms with Gasteiger partial charge in [-0.1, -0.05) is 44.2 Å². The first-order valence-corrected chi connectivity index (χ1v) is 13.9. The third-order valence-electron chi connectivity index (χ3n) is 7.25. The first-order chi connectivity index (χ1) is 20.3. The van der Waals surface area contributed by atoms with Crippen LogP contribution in [0, 0.1) is 17.6 Å². The van der Waals surface area contributed by atoms with Gasteiger partial charge in [-0.25, -0.2) is 22.4 Å². The number of alkyl halides is 2. The zero-order chi connectivity index (χ0) is 31.8. The molecule has 1 unspecified atom stereocenters. The highest BCUT2D eigenvalue weighted by atomic mass is 19.3. The summed E-state index contributed by atoms with van der Waals surface area (Å²) < 4.78 is 55.3. The largest absolute Gasteiger partial charge is 0.478 e. The number of carbonyl (C=O) groups is 4. The van der Waals surface area contributed by atoms with Gasteiger partial charge in [-0.3, -0.25) is 14.4 Å². The van der Waals surface area contributed by atoms with Gasteiger partial charge in [0.15, 0.2) is 0 Å². The lowest BCUT2D eigenvalue weighted by atomic mass is 9.96. The van der Waals surface area contributed by atoms with E-state index in [0.717, 1.165) is 5.56 Å². The molecule has 13 heteroatoms. The van der Waals surface area contributed by atoms with Crippen molar-refractivity contribution in [3.63, 3.8) is 0 Å². The molecular weight excluding hydrogens is 574 g/mol. The minimum absolute atomic E-state index is 0.0186. The number of aromatic carboxylic acids is 1. The number of carboxylic acids is 1. The molecule has 43 heavy (non-hydrogen) atoms. The summed E-state index contributed by atoms with van der Waals surface area (Å²) in [6.45, 7) is 3.33. The lowest BCUT2D eigenvalue weighted by Gasteiger charge is -2.28. The van der Waals surface area contributed by atoms with Gasteiger partial charge in [0.25, 0.3) is 5.91 Å². The highest BCUT2D eigenvalue weighted by molar-refractivity contribution is 5.93. The summed E-state index contributed by atoms with van der Waals surface area (Å²) in [5.41, 5.74) is -0.272. The van der Waals surface area contributed by atoms with E-state index in [2.05, 4.69) is 10.6 Å². The minimum atomic E-state index is -3.00. The highest BCUT2D eigenvalue weighted by Crippen LogP contribution is 2.33. The van der Waals surface area contributed by atoms with E-state index in [-0.39, 0.29) is 31.2 Å². The van der Waals surface area contributed by atoms with Crippen molar-refractivity contribution in [1.29, 1.82) is 0 Å². The summed E-state index contributed by atoms with van der Waals surface area (Å²) in [5, 5.41) is 24.0. The Morgan fingerprint density at radius 3 is 2.21 bits per heavy atom. The molecule has 0 spiro atoms. The van der Waals surface area contributed by atoms with Gasteiger partial charge in [-0.2, -0.15) is 0 Å². The Kier molecular flexibility index (Phi) is 11.6. The van der Waals surface area contributed by atoms with Gasteiger partial charge >= 0.3 is 5.97 Å². The van der Waals surface area contributed by atoms with Crippen LogP contribution in [0.5, 0.6) is 0 Å². The van der Waals surface area contributed by atoms with Crippen LogP contribution in [0.25, 0.3) is 0 Å². The van der Waals surface area contributed by atoms with Crippen LogP contribution in [-0.2, 0) is 20.8 Å². The van der Waals surface area contributed by atoms with Gasteiger partial charge < -0.3 is 25.7 Å². The van der Waals surface area contributed by atoms with Crippen LogP contribution in [-0.4, -0.2) is 76.5 Å². The van der Waals surface area contributed by atoms with E-state index in [9.17, 15) is 41.8 Å². The van der Waals surface area contributed by atoms with E-state index in [4.69, 9.17) is 5.11 Å². The summed E-state index contributed by atoms with van der Waals surface area (Å²) in [7, 11) is 0. The van der Waals surface area contributed by atoms with Gasteiger partial charge in [0.1, 0.15) is 29.8 Å². The molecule has 4 atom stereocenters. The zero-order valence-corrected chi connectivity index (χ0v) is 23.7. The maximum Gasteiger partial charge on any atom is 0.335 e. The van der Waals surface area contributed by atoms with Crippen LogP contribution < -0.4 is 10.6 Å². The number of carboxylic acid groups (broad SMARTS) is 1. The second kappa shape index (κ2) is 14.9. The Morgan fingerprint density at radius 1 is 1.02 bits per heavy atom. The van der Waals surface area contributed by atoms with Crippen molar-refractivity contribution in [3.05, 3.63) is 70.8 Å². The molecule has 234 valence electrons. The molecule has 4 N–H and O–H groups in total. The number of aliphatic hydroxyl groups is 1. The first kappa shape index (κ1) is 33.5. The second-order valence-corrected chi connectivity index (χ2v) is 10.9. The smallest absolute Gasteiger partial charge is 0.335 e. The predicted molar refractivity (Wildman–Crippen MR) is 147 cm³/mol. The number of halogens is 4. The van der Waals surface area contributed by atoms with Crippen molar-refractivity contribution in [2.45, 2.75) is 70.1 Å². The van der Waals surface area contributed by atoms with Crippen LogP contribution in [0.2, 0.25) is 0 Å². The molecule has 0 radical (unpaired) electrons. The molecule has 3 amide bonds. The molecule has 1 aliphatic rings. The van der Waals surface area contributed by atoms with Gasteiger partial charge in [0.2, 0.25) is 18.2 Å². The molecule has 3 rings (SSSR count). The lowest BCUT2D eigenvalue weighted by Crippen LogP contribution is -2.55. The normalized spacial score (nSPS) is 18.0. The van der Waals surface area contributed by atoms with Crippen molar-refractivity contribution in [3.8, 4) is 0 Å². The van der Waals surface area contributed by atoms with Crippen LogP contribution >= 0.6 is 0 Å². The standard InChI is InChI=1S/C30H35F4N3O6/c1-16(2)10-25(38)29(41)37-15-19(17-6-4-3-5-7-17)13-24(37)28(40)36-23(14-26(33)34)27(39)35-9-8-20-21(31)11-18(30(42)43)12-22(20)32/h3-7,11-12,16,19,23-26,38H,8-10,13-15H2,1-2H3,(H,35,39)(H,36,40)(H,42,43)/t19-,23+,24?,25+/m1/s1. The van der Waals surface area contributed by atoms with E-state index in [1.165, 1.54) is 4.90 Å². The Balaban J connectivity index is 1.73. The molecule has 9 nitrogen and oxygen atoms in total. The number of aliphatic hydroxyl groups excluding tert-OH is 1. The van der Waals surface area contributed by atoms with Gasteiger partial charge in [0.05, 0.1) is 5.56 Å². The van der Waals surface area contributed by atoms with Crippen LogP contribution in [0.4, 0.5) is 17.6 Å². The van der Waals surface area contributed by atoms with E-state index in [1.54, 1.807) is 18.2 Å². The summed E-state index contributed by atoms with van der Waals surface area (Å²) in [5.74, 6) is -6.71. The Hall–Kier alpha value is -4.00. The number of benzene rings is 2. The SMILES string of the molecule is CC(C)C[C@H](O)C(=O)N1C[C@H](c2ccccc2)CC1C(=O)N[C@@H](CC(F)F)C(=O)NCCc1c(F)cc(C(=O)O)cc1F. The number of hydrogen-bond donors (Lipinski definition) is 4. The number of rotatable bonds is 13. The molecule has 0 aromatic heterocycles. The number of nitrogens with zero attached hydrogens (tertiary/aromatic N) is 1. The van der Waals surface area contributed by atoms with Crippen molar-refractivity contribution in [1.82, 2.24) is 15.5 Å². The molecule has 1 aliphatic heterocycles. The average molecular weight is 610 g/mol. The lowest BCUT2D eigenvalue weighted by molar-refractivity contribution is -0.146. The summed E-state index contributed by atoms with van der Waals surface area (Å²) in [6, 6.07) is 7.41. The third kappa shape index (κ3) is 8.99. The van der Waals surface area contributed by atoms with E-state index < -0.39 is 90.5 Å². The van der Waals surface area contributed by atoms with E-state index in [0.29, 0.717) is 12.1 Å². The fraction of sp³-hybridized carbons (Fsp3) is 0.467. The maximum atomic E-state index is 14.2. The van der Waals surface area contributed by atoms with Gasteiger partial charge in [0, 0.05) is 31.0 Å². The van der Waals surface area contributed by atoms with E-state index in [1.807, 2.05) is 26.0 Å². The van der Waals surface area contributed by atoms with Gasteiger partial charge in [-0.15, -0.1) is 0 Å². The molecule has 2 aromatic rings. The second-order valence-electron chi connectivity index (χ2n) is 10.9. The van der Waals surface area contributed by atoms with E-state index >= 15 is 0 Å². The number of carbonyl (C=O) groups excluding carboxylic acids is 3. The molecule has 1 heterocycles.